The van der Waals surface area contributed by atoms with Crippen LogP contribution < -0.4 is 5.32 Å². The van der Waals surface area contributed by atoms with Gasteiger partial charge in [0, 0.05) is 6.04 Å². The minimum absolute atomic E-state index is 0.136. The third-order valence-electron chi connectivity index (χ3n) is 3.50. The Balaban J connectivity index is 1.65. The Labute approximate surface area is 104 Å². The molecule has 2 heteroatoms. The first-order valence-corrected chi connectivity index (χ1v) is 6.70. The maximum absolute atomic E-state index is 8.95. The molecule has 1 aliphatic carbocycles. The zero-order chi connectivity index (χ0) is 12.1. The molecule has 1 saturated carbocycles. The zero-order valence-corrected chi connectivity index (χ0v) is 10.7. The Bertz CT molecular complexity index is 329. The van der Waals surface area contributed by atoms with Crippen molar-refractivity contribution in [3.05, 3.63) is 35.4 Å². The van der Waals surface area contributed by atoms with E-state index in [1.54, 1.807) is 0 Å². The van der Waals surface area contributed by atoms with Crippen LogP contribution in [0.5, 0.6) is 0 Å². The van der Waals surface area contributed by atoms with Gasteiger partial charge >= 0.3 is 0 Å². The van der Waals surface area contributed by atoms with Crippen molar-refractivity contribution < 1.29 is 5.11 Å². The summed E-state index contributed by atoms with van der Waals surface area (Å²) in [5.74, 6) is 1.00. The molecule has 0 amide bonds. The number of hydrogen-bond acceptors (Lipinski definition) is 2. The number of rotatable bonds is 7. The molecule has 0 aliphatic heterocycles. The first-order chi connectivity index (χ1) is 8.28. The summed E-state index contributed by atoms with van der Waals surface area (Å²) >= 11 is 0. The van der Waals surface area contributed by atoms with Gasteiger partial charge in [0.1, 0.15) is 0 Å². The van der Waals surface area contributed by atoms with Crippen LogP contribution in [0.4, 0.5) is 0 Å². The second-order valence-corrected chi connectivity index (χ2v) is 5.26. The molecule has 1 aromatic carbocycles. The fourth-order valence-electron chi connectivity index (χ4n) is 2.21. The Morgan fingerprint density at radius 3 is 2.47 bits per heavy atom. The molecule has 0 spiro atoms. The van der Waals surface area contributed by atoms with Gasteiger partial charge in [0.05, 0.1) is 6.61 Å². The van der Waals surface area contributed by atoms with E-state index in [0.717, 1.165) is 24.4 Å². The van der Waals surface area contributed by atoms with Crippen LogP contribution in [0.2, 0.25) is 0 Å². The van der Waals surface area contributed by atoms with Crippen LogP contribution in [0.25, 0.3) is 0 Å². The quantitative estimate of drug-likeness (QED) is 0.758. The second kappa shape index (κ2) is 6.18. The third-order valence-corrected chi connectivity index (χ3v) is 3.50. The maximum Gasteiger partial charge on any atom is 0.0681 e. The van der Waals surface area contributed by atoms with Crippen molar-refractivity contribution >= 4 is 0 Å². The van der Waals surface area contributed by atoms with Crippen LogP contribution >= 0.6 is 0 Å². The van der Waals surface area contributed by atoms with Gasteiger partial charge in [0.15, 0.2) is 0 Å². The van der Waals surface area contributed by atoms with E-state index in [1.807, 2.05) is 12.1 Å². The highest BCUT2D eigenvalue weighted by atomic mass is 16.3. The molecule has 17 heavy (non-hydrogen) atoms. The van der Waals surface area contributed by atoms with E-state index in [9.17, 15) is 0 Å². The van der Waals surface area contributed by atoms with Crippen molar-refractivity contribution in [2.45, 2.75) is 45.3 Å². The van der Waals surface area contributed by atoms with Crippen molar-refractivity contribution in [3.8, 4) is 0 Å². The molecule has 2 nitrogen and oxygen atoms in total. The molecule has 1 aliphatic rings. The van der Waals surface area contributed by atoms with Gasteiger partial charge in [0.25, 0.3) is 0 Å². The Kier molecular flexibility index (Phi) is 4.57. The zero-order valence-electron chi connectivity index (χ0n) is 10.7. The summed E-state index contributed by atoms with van der Waals surface area (Å²) < 4.78 is 0. The SMILES string of the molecule is CC(CC1CC1)NCCc1ccc(CO)cc1. The summed E-state index contributed by atoms with van der Waals surface area (Å²) in [6.45, 7) is 3.47. The highest BCUT2D eigenvalue weighted by Crippen LogP contribution is 2.33. The first-order valence-electron chi connectivity index (χ1n) is 6.70. The summed E-state index contributed by atoms with van der Waals surface area (Å²) in [7, 11) is 0. The van der Waals surface area contributed by atoms with Crippen LogP contribution in [0, 0.1) is 5.92 Å². The molecule has 0 saturated heterocycles. The van der Waals surface area contributed by atoms with E-state index in [1.165, 1.54) is 24.8 Å². The fourth-order valence-corrected chi connectivity index (χ4v) is 2.21. The summed E-state index contributed by atoms with van der Waals surface area (Å²) in [5.41, 5.74) is 2.33. The molecular formula is C15H23NO. The van der Waals surface area contributed by atoms with E-state index < -0.39 is 0 Å². The lowest BCUT2D eigenvalue weighted by atomic mass is 10.1. The number of nitrogens with one attached hydrogen (secondary N) is 1. The first kappa shape index (κ1) is 12.6. The Morgan fingerprint density at radius 1 is 1.24 bits per heavy atom. The lowest BCUT2D eigenvalue weighted by Crippen LogP contribution is -2.28. The monoisotopic (exact) mass is 233 g/mol. The van der Waals surface area contributed by atoms with E-state index in [2.05, 4.69) is 24.4 Å². The Hall–Kier alpha value is -0.860. The van der Waals surface area contributed by atoms with Crippen molar-refractivity contribution in [2.24, 2.45) is 5.92 Å². The van der Waals surface area contributed by atoms with Gasteiger partial charge in [-0.25, -0.2) is 0 Å². The van der Waals surface area contributed by atoms with E-state index in [0.29, 0.717) is 6.04 Å². The van der Waals surface area contributed by atoms with Gasteiger partial charge in [-0.05, 0) is 43.4 Å². The number of aliphatic hydroxyl groups excluding tert-OH is 1. The van der Waals surface area contributed by atoms with Crippen LogP contribution in [0.3, 0.4) is 0 Å². The molecule has 1 unspecified atom stereocenters. The molecule has 1 fully saturated rings. The molecule has 0 bridgehead atoms. The van der Waals surface area contributed by atoms with Crippen LogP contribution in [-0.4, -0.2) is 17.7 Å². The number of aliphatic hydroxyl groups is 1. The van der Waals surface area contributed by atoms with E-state index >= 15 is 0 Å². The van der Waals surface area contributed by atoms with Gasteiger partial charge in [-0.3, -0.25) is 0 Å². The van der Waals surface area contributed by atoms with Crippen molar-refractivity contribution in [3.63, 3.8) is 0 Å². The highest BCUT2D eigenvalue weighted by molar-refractivity contribution is 5.22. The fraction of sp³-hybridized carbons (Fsp3) is 0.600. The highest BCUT2D eigenvalue weighted by Gasteiger charge is 2.22. The molecule has 1 atom stereocenters. The molecule has 94 valence electrons. The number of benzene rings is 1. The molecule has 0 aromatic heterocycles. The van der Waals surface area contributed by atoms with Gasteiger partial charge in [-0.1, -0.05) is 37.1 Å². The summed E-state index contributed by atoms with van der Waals surface area (Å²) in [6.07, 6.45) is 5.29. The lowest BCUT2D eigenvalue weighted by molar-refractivity contribution is 0.282. The minimum atomic E-state index is 0.136. The van der Waals surface area contributed by atoms with E-state index in [4.69, 9.17) is 5.11 Å². The molecule has 0 radical (unpaired) electrons. The second-order valence-electron chi connectivity index (χ2n) is 5.26. The van der Waals surface area contributed by atoms with Crippen LogP contribution in [-0.2, 0) is 13.0 Å². The normalized spacial score (nSPS) is 17.1. The van der Waals surface area contributed by atoms with Gasteiger partial charge in [-0.2, -0.15) is 0 Å². The largest absolute Gasteiger partial charge is 0.392 e. The molecule has 1 aromatic rings. The molecule has 2 N–H and O–H groups in total. The standard InChI is InChI=1S/C15H23NO/c1-12(10-14-4-5-14)16-9-8-13-2-6-15(11-17)7-3-13/h2-3,6-7,12,14,16-17H,4-5,8-11H2,1H3. The predicted octanol–water partition coefficient (Wildman–Crippen LogP) is 2.50. The van der Waals surface area contributed by atoms with Crippen LogP contribution in [0.15, 0.2) is 24.3 Å². The van der Waals surface area contributed by atoms with Gasteiger partial charge in [-0.15, -0.1) is 0 Å². The van der Waals surface area contributed by atoms with Crippen molar-refractivity contribution in [2.75, 3.05) is 6.54 Å². The average molecular weight is 233 g/mol. The Morgan fingerprint density at radius 2 is 1.88 bits per heavy atom. The summed E-state index contributed by atoms with van der Waals surface area (Å²) in [6, 6.07) is 8.88. The summed E-state index contributed by atoms with van der Waals surface area (Å²) in [5, 5.41) is 12.5. The topological polar surface area (TPSA) is 32.3 Å². The van der Waals surface area contributed by atoms with Crippen LogP contribution in [0.1, 0.15) is 37.3 Å². The third kappa shape index (κ3) is 4.49. The lowest BCUT2D eigenvalue weighted by Gasteiger charge is -2.13. The number of hydrogen-bond donors (Lipinski definition) is 2. The smallest absolute Gasteiger partial charge is 0.0681 e. The average Bonchev–Trinajstić information content (AvgIpc) is 3.14. The van der Waals surface area contributed by atoms with Gasteiger partial charge < -0.3 is 10.4 Å². The van der Waals surface area contributed by atoms with Crippen molar-refractivity contribution in [1.82, 2.24) is 5.32 Å². The molecule has 0 heterocycles. The predicted molar refractivity (Wildman–Crippen MR) is 70.9 cm³/mol. The molecule has 2 rings (SSSR count). The van der Waals surface area contributed by atoms with Crippen molar-refractivity contribution in [1.29, 1.82) is 0 Å². The van der Waals surface area contributed by atoms with Gasteiger partial charge in [0.2, 0.25) is 0 Å². The molecular weight excluding hydrogens is 210 g/mol. The summed E-state index contributed by atoms with van der Waals surface area (Å²) in [4.78, 5) is 0. The minimum Gasteiger partial charge on any atom is -0.392 e. The van der Waals surface area contributed by atoms with E-state index in [-0.39, 0.29) is 6.61 Å². The maximum atomic E-state index is 8.95.